The first-order valence-corrected chi connectivity index (χ1v) is 4.35. The number of hydrogen-bond acceptors (Lipinski definition) is 3. The second-order valence-corrected chi connectivity index (χ2v) is 3.29. The topological polar surface area (TPSA) is 38.7 Å². The minimum absolute atomic E-state index is 0.365. The van der Waals surface area contributed by atoms with Crippen LogP contribution in [0.3, 0.4) is 0 Å². The molecule has 0 saturated carbocycles. The van der Waals surface area contributed by atoms with Crippen LogP contribution in [0, 0.1) is 0 Å². The molecule has 13 heavy (non-hydrogen) atoms. The van der Waals surface area contributed by atoms with Gasteiger partial charge in [-0.15, -0.1) is 0 Å². The first-order valence-electron chi connectivity index (χ1n) is 4.35. The molecule has 0 bridgehead atoms. The maximum absolute atomic E-state index is 4.40. The van der Waals surface area contributed by atoms with Crippen molar-refractivity contribution >= 4 is 11.0 Å². The van der Waals surface area contributed by atoms with E-state index in [4.69, 9.17) is 0 Å². The van der Waals surface area contributed by atoms with Crippen LogP contribution in [-0.2, 0) is 0 Å². The Labute approximate surface area is 76.9 Å². The summed E-state index contributed by atoms with van der Waals surface area (Å²) in [7, 11) is 0. The van der Waals surface area contributed by atoms with Gasteiger partial charge in [-0.1, -0.05) is 13.8 Å². The third kappa shape index (κ3) is 1.49. The number of nitrogens with zero attached hydrogens (tertiary/aromatic N) is 3. The molecular weight excluding hydrogens is 162 g/mol. The van der Waals surface area contributed by atoms with Gasteiger partial charge in [0.1, 0.15) is 11.3 Å². The first-order chi connectivity index (χ1) is 6.27. The van der Waals surface area contributed by atoms with Gasteiger partial charge in [0.15, 0.2) is 0 Å². The van der Waals surface area contributed by atoms with Crippen LogP contribution in [0.15, 0.2) is 24.5 Å². The molecule has 0 aliphatic heterocycles. The molecule has 0 amide bonds. The zero-order valence-electron chi connectivity index (χ0n) is 7.73. The number of rotatable bonds is 1. The highest BCUT2D eigenvalue weighted by Gasteiger charge is 2.03. The van der Waals surface area contributed by atoms with E-state index in [1.807, 2.05) is 12.1 Å². The normalized spacial score (nSPS) is 11.0. The molecule has 3 heteroatoms. The van der Waals surface area contributed by atoms with Gasteiger partial charge in [0.05, 0.1) is 11.7 Å². The van der Waals surface area contributed by atoms with E-state index in [9.17, 15) is 0 Å². The van der Waals surface area contributed by atoms with E-state index < -0.39 is 0 Å². The number of hydrogen-bond donors (Lipinski definition) is 0. The average Bonchev–Trinajstić information content (AvgIpc) is 2.17. The van der Waals surface area contributed by atoms with E-state index in [-0.39, 0.29) is 0 Å². The minimum atomic E-state index is 0.365. The molecule has 0 saturated heterocycles. The summed E-state index contributed by atoms with van der Waals surface area (Å²) < 4.78 is 0. The molecule has 0 spiro atoms. The van der Waals surface area contributed by atoms with E-state index >= 15 is 0 Å². The van der Waals surface area contributed by atoms with Crippen molar-refractivity contribution < 1.29 is 0 Å². The summed E-state index contributed by atoms with van der Waals surface area (Å²) in [4.78, 5) is 12.8. The van der Waals surface area contributed by atoms with Gasteiger partial charge in [0, 0.05) is 12.1 Å². The van der Waals surface area contributed by atoms with Gasteiger partial charge in [-0.3, -0.25) is 4.98 Å². The Kier molecular flexibility index (Phi) is 1.93. The molecule has 0 aliphatic carbocycles. The predicted octanol–water partition coefficient (Wildman–Crippen LogP) is 2.15. The van der Waals surface area contributed by atoms with E-state index in [0.29, 0.717) is 5.92 Å². The predicted molar refractivity (Wildman–Crippen MR) is 51.4 cm³/mol. The van der Waals surface area contributed by atoms with Crippen molar-refractivity contribution in [2.75, 3.05) is 0 Å². The molecule has 0 N–H and O–H groups in total. The third-order valence-electron chi connectivity index (χ3n) is 1.89. The van der Waals surface area contributed by atoms with Crippen molar-refractivity contribution in [3.05, 3.63) is 30.4 Å². The lowest BCUT2D eigenvalue weighted by Crippen LogP contribution is -1.97. The van der Waals surface area contributed by atoms with Crippen molar-refractivity contribution in [2.45, 2.75) is 19.8 Å². The van der Waals surface area contributed by atoms with Crippen LogP contribution in [0.1, 0.15) is 25.6 Å². The largest absolute Gasteiger partial charge is 0.253 e. The Morgan fingerprint density at radius 3 is 2.77 bits per heavy atom. The molecule has 2 heterocycles. The second-order valence-electron chi connectivity index (χ2n) is 3.29. The summed E-state index contributed by atoms with van der Waals surface area (Å²) in [6, 6.07) is 3.84. The third-order valence-corrected chi connectivity index (χ3v) is 1.89. The van der Waals surface area contributed by atoms with Crippen molar-refractivity contribution in [2.24, 2.45) is 0 Å². The van der Waals surface area contributed by atoms with E-state index in [1.54, 1.807) is 12.4 Å². The van der Waals surface area contributed by atoms with Crippen molar-refractivity contribution in [1.29, 1.82) is 0 Å². The second kappa shape index (κ2) is 3.09. The fourth-order valence-electron chi connectivity index (χ4n) is 1.16. The van der Waals surface area contributed by atoms with Crippen LogP contribution in [0.5, 0.6) is 0 Å². The van der Waals surface area contributed by atoms with E-state index in [2.05, 4.69) is 28.8 Å². The highest BCUT2D eigenvalue weighted by Crippen LogP contribution is 2.12. The molecule has 0 aromatic carbocycles. The monoisotopic (exact) mass is 173 g/mol. The summed E-state index contributed by atoms with van der Waals surface area (Å²) >= 11 is 0. The standard InChI is InChI=1S/C10H11N3/c1-7(2)10-12-6-9-8(13-10)4-3-5-11-9/h3-7H,1-2H3. The van der Waals surface area contributed by atoms with E-state index in [1.165, 1.54) is 0 Å². The molecule has 2 aromatic heterocycles. The SMILES string of the molecule is CC(C)c1ncc2ncccc2n1. The van der Waals surface area contributed by atoms with Crippen molar-refractivity contribution in [3.63, 3.8) is 0 Å². The molecule has 0 radical (unpaired) electrons. The maximum Gasteiger partial charge on any atom is 0.131 e. The molecule has 2 aromatic rings. The van der Waals surface area contributed by atoms with E-state index in [0.717, 1.165) is 16.9 Å². The van der Waals surface area contributed by atoms with Gasteiger partial charge in [-0.05, 0) is 12.1 Å². The summed E-state index contributed by atoms with van der Waals surface area (Å²) in [5, 5.41) is 0. The Morgan fingerprint density at radius 1 is 1.15 bits per heavy atom. The Morgan fingerprint density at radius 2 is 2.00 bits per heavy atom. The zero-order valence-corrected chi connectivity index (χ0v) is 7.73. The highest BCUT2D eigenvalue weighted by atomic mass is 14.9. The van der Waals surface area contributed by atoms with Gasteiger partial charge in [-0.25, -0.2) is 9.97 Å². The molecule has 0 atom stereocenters. The van der Waals surface area contributed by atoms with Crippen molar-refractivity contribution in [3.8, 4) is 0 Å². The van der Waals surface area contributed by atoms with Crippen LogP contribution in [0.4, 0.5) is 0 Å². The summed E-state index contributed by atoms with van der Waals surface area (Å²) in [5.41, 5.74) is 1.77. The van der Waals surface area contributed by atoms with Crippen LogP contribution < -0.4 is 0 Å². The molecule has 0 aliphatic rings. The number of aromatic nitrogens is 3. The molecule has 3 nitrogen and oxygen atoms in total. The lowest BCUT2D eigenvalue weighted by Gasteiger charge is -2.03. The lowest BCUT2D eigenvalue weighted by atomic mass is 10.2. The maximum atomic E-state index is 4.40. The van der Waals surface area contributed by atoms with Gasteiger partial charge in [0.25, 0.3) is 0 Å². The van der Waals surface area contributed by atoms with Gasteiger partial charge in [0.2, 0.25) is 0 Å². The average molecular weight is 173 g/mol. The molecule has 0 fully saturated rings. The van der Waals surface area contributed by atoms with Gasteiger partial charge < -0.3 is 0 Å². The lowest BCUT2D eigenvalue weighted by molar-refractivity contribution is 0.782. The summed E-state index contributed by atoms with van der Waals surface area (Å²) in [6.45, 7) is 4.16. The fraction of sp³-hybridized carbons (Fsp3) is 0.300. The summed E-state index contributed by atoms with van der Waals surface area (Å²) in [6.07, 6.45) is 3.53. The van der Waals surface area contributed by atoms with Gasteiger partial charge >= 0.3 is 0 Å². The molecule has 66 valence electrons. The highest BCUT2D eigenvalue weighted by molar-refractivity contribution is 5.72. The van der Waals surface area contributed by atoms with Crippen LogP contribution in [0.25, 0.3) is 11.0 Å². The Hall–Kier alpha value is -1.51. The Bertz CT molecular complexity index is 423. The van der Waals surface area contributed by atoms with Crippen LogP contribution in [-0.4, -0.2) is 15.0 Å². The Balaban J connectivity index is 2.62. The minimum Gasteiger partial charge on any atom is -0.253 e. The summed E-state index contributed by atoms with van der Waals surface area (Å²) in [5.74, 6) is 1.24. The zero-order chi connectivity index (χ0) is 9.26. The van der Waals surface area contributed by atoms with Crippen LogP contribution in [0.2, 0.25) is 0 Å². The molecular formula is C10H11N3. The smallest absolute Gasteiger partial charge is 0.131 e. The molecule has 0 unspecified atom stereocenters. The number of pyridine rings is 1. The fourth-order valence-corrected chi connectivity index (χ4v) is 1.16. The molecule has 2 rings (SSSR count). The quantitative estimate of drug-likeness (QED) is 0.663. The first kappa shape index (κ1) is 8.10. The number of fused-ring (bicyclic) bond motifs is 1. The van der Waals surface area contributed by atoms with Crippen molar-refractivity contribution in [1.82, 2.24) is 15.0 Å². The van der Waals surface area contributed by atoms with Gasteiger partial charge in [-0.2, -0.15) is 0 Å². The van der Waals surface area contributed by atoms with Crippen LogP contribution >= 0.6 is 0 Å².